The number of nitrogens with two attached hydrogens (primary N) is 2. The smallest absolute Gasteiger partial charge is 0.276 e. The van der Waals surface area contributed by atoms with Crippen LogP contribution in [0.5, 0.6) is 5.75 Å². The van der Waals surface area contributed by atoms with Gasteiger partial charge in [-0.25, -0.2) is 5.84 Å². The number of hydrogen-bond acceptors (Lipinski definition) is 6. The Labute approximate surface area is 204 Å². The van der Waals surface area contributed by atoms with E-state index in [1.165, 1.54) is 5.01 Å². The second kappa shape index (κ2) is 10.0. The van der Waals surface area contributed by atoms with Gasteiger partial charge in [0.25, 0.3) is 5.91 Å². The van der Waals surface area contributed by atoms with Crippen LogP contribution in [-0.2, 0) is 14.4 Å². The monoisotopic (exact) mass is 475 g/mol. The number of piperidine rings is 1. The Morgan fingerprint density at radius 2 is 1.57 bits per heavy atom. The normalized spacial score (nSPS) is 16.4. The van der Waals surface area contributed by atoms with E-state index in [1.54, 1.807) is 41.2 Å². The minimum atomic E-state index is -0.711. The van der Waals surface area contributed by atoms with Crippen LogP contribution in [-0.4, -0.2) is 37.9 Å². The summed E-state index contributed by atoms with van der Waals surface area (Å²) in [7, 11) is 1.56. The molecule has 0 unspecified atom stereocenters. The van der Waals surface area contributed by atoms with Gasteiger partial charge in [-0.15, -0.1) is 0 Å². The Morgan fingerprint density at radius 3 is 2.14 bits per heavy atom. The molecule has 0 atom stereocenters. The van der Waals surface area contributed by atoms with Gasteiger partial charge >= 0.3 is 0 Å². The highest BCUT2D eigenvalue weighted by atomic mass is 16.5. The van der Waals surface area contributed by atoms with Gasteiger partial charge in [-0.3, -0.25) is 19.4 Å². The number of ether oxygens (including phenoxy) is 1. The third-order valence-electron chi connectivity index (χ3n) is 6.37. The van der Waals surface area contributed by atoms with Crippen molar-refractivity contribution in [2.45, 2.75) is 25.7 Å². The Kier molecular flexibility index (Phi) is 6.88. The number of benzene rings is 2. The van der Waals surface area contributed by atoms with Crippen molar-refractivity contribution < 1.29 is 19.1 Å². The summed E-state index contributed by atoms with van der Waals surface area (Å²) in [6.07, 6.45) is 2.77. The predicted molar refractivity (Wildman–Crippen MR) is 135 cm³/mol. The molecule has 0 bridgehead atoms. The molecule has 2 heterocycles. The zero-order valence-corrected chi connectivity index (χ0v) is 19.7. The number of hydrazine groups is 1. The topological polar surface area (TPSA) is 122 Å². The van der Waals surface area contributed by atoms with E-state index in [-0.39, 0.29) is 23.1 Å². The third-order valence-corrected chi connectivity index (χ3v) is 6.37. The van der Waals surface area contributed by atoms with Crippen LogP contribution in [0.1, 0.15) is 25.7 Å². The minimum Gasteiger partial charge on any atom is -0.497 e. The van der Waals surface area contributed by atoms with Crippen molar-refractivity contribution in [1.82, 2.24) is 0 Å². The molecule has 9 nitrogen and oxygen atoms in total. The van der Waals surface area contributed by atoms with Crippen LogP contribution in [0.4, 0.5) is 17.1 Å². The lowest BCUT2D eigenvalue weighted by Gasteiger charge is -2.35. The minimum absolute atomic E-state index is 0.0518. The van der Waals surface area contributed by atoms with Crippen molar-refractivity contribution >= 4 is 34.8 Å². The molecule has 4 rings (SSSR count). The molecular weight excluding hydrogens is 446 g/mol. The Morgan fingerprint density at radius 1 is 0.943 bits per heavy atom. The number of anilines is 3. The predicted octanol–water partition coefficient (Wildman–Crippen LogP) is 2.62. The fraction of sp³-hybridized carbons (Fsp3) is 0.269. The number of methoxy groups -OCH3 is 1. The summed E-state index contributed by atoms with van der Waals surface area (Å²) in [6.45, 7) is 4.80. The molecule has 182 valence electrons. The summed E-state index contributed by atoms with van der Waals surface area (Å²) in [5.41, 5.74) is 8.07. The molecule has 2 aliphatic heterocycles. The maximum absolute atomic E-state index is 13.7. The Hall–Kier alpha value is -4.11. The van der Waals surface area contributed by atoms with Crippen LogP contribution in [0.15, 0.2) is 72.0 Å². The number of primary amides is 1. The molecule has 4 N–H and O–H groups in total. The van der Waals surface area contributed by atoms with Crippen molar-refractivity contribution in [3.05, 3.63) is 72.0 Å². The number of hydrogen-bond donors (Lipinski definition) is 2. The number of rotatable bonds is 7. The fourth-order valence-electron chi connectivity index (χ4n) is 4.40. The van der Waals surface area contributed by atoms with Crippen molar-refractivity contribution in [3.63, 3.8) is 0 Å². The highest BCUT2D eigenvalue weighted by Crippen LogP contribution is 2.33. The van der Waals surface area contributed by atoms with Crippen LogP contribution in [0.25, 0.3) is 0 Å². The molecule has 2 aromatic carbocycles. The lowest BCUT2D eigenvalue weighted by molar-refractivity contribution is -0.119. The number of nitrogens with zero attached hydrogens (tertiary/aromatic N) is 3. The summed E-state index contributed by atoms with van der Waals surface area (Å²) in [5, 5.41) is 1.25. The van der Waals surface area contributed by atoms with E-state index in [0.717, 1.165) is 18.5 Å². The van der Waals surface area contributed by atoms with Gasteiger partial charge in [0.1, 0.15) is 11.4 Å². The van der Waals surface area contributed by atoms with Gasteiger partial charge < -0.3 is 20.3 Å². The molecule has 2 aromatic rings. The first-order valence-corrected chi connectivity index (χ1v) is 11.4. The molecular formula is C26H29N5O4. The molecule has 0 saturated carbocycles. The second-order valence-corrected chi connectivity index (χ2v) is 8.46. The molecule has 2 aliphatic rings. The van der Waals surface area contributed by atoms with Gasteiger partial charge in [-0.2, -0.15) is 0 Å². The molecule has 1 fully saturated rings. The average molecular weight is 476 g/mol. The summed E-state index contributed by atoms with van der Waals surface area (Å²) in [4.78, 5) is 41.3. The van der Waals surface area contributed by atoms with E-state index in [1.807, 2.05) is 24.3 Å². The lowest BCUT2D eigenvalue weighted by Crippen LogP contribution is -2.46. The van der Waals surface area contributed by atoms with Crippen LogP contribution in [0.3, 0.4) is 0 Å². The maximum atomic E-state index is 13.7. The summed E-state index contributed by atoms with van der Waals surface area (Å²) in [5.74, 6) is 6.06. The highest BCUT2D eigenvalue weighted by molar-refractivity contribution is 6.12. The maximum Gasteiger partial charge on any atom is 0.276 e. The molecule has 0 aliphatic carbocycles. The lowest BCUT2D eigenvalue weighted by atomic mass is 9.96. The molecule has 9 heteroatoms. The molecule has 1 saturated heterocycles. The standard InChI is InChI=1S/C26H29N5O4/c1-17(25(27)33)22-14-16-30(19-8-6-18(7-9-19)29-15-4-3-5-23(29)32)26(34)24(22)31(28)20-10-12-21(35-2)13-11-20/h6-13H,1,3-5,14-16,28H2,2H3,(H2,27,33). The van der Waals surface area contributed by atoms with Gasteiger partial charge in [-0.1, -0.05) is 6.58 Å². The highest BCUT2D eigenvalue weighted by Gasteiger charge is 2.34. The van der Waals surface area contributed by atoms with Crippen LogP contribution < -0.4 is 31.1 Å². The first kappa shape index (κ1) is 24.0. The second-order valence-electron chi connectivity index (χ2n) is 8.46. The van der Waals surface area contributed by atoms with Crippen LogP contribution >= 0.6 is 0 Å². The van der Waals surface area contributed by atoms with Gasteiger partial charge in [0, 0.05) is 36.5 Å². The number of carbonyl (C=O) groups excluding carboxylic acids is 3. The quantitative estimate of drug-likeness (QED) is 0.361. The zero-order chi connectivity index (χ0) is 25.1. The Balaban J connectivity index is 1.66. The fourth-order valence-corrected chi connectivity index (χ4v) is 4.40. The van der Waals surface area contributed by atoms with Crippen molar-refractivity contribution in [1.29, 1.82) is 0 Å². The van der Waals surface area contributed by atoms with Gasteiger partial charge in [0.2, 0.25) is 11.8 Å². The van der Waals surface area contributed by atoms with Gasteiger partial charge in [-0.05, 0) is 73.4 Å². The molecule has 0 spiro atoms. The van der Waals surface area contributed by atoms with E-state index in [0.29, 0.717) is 48.6 Å². The van der Waals surface area contributed by atoms with Crippen molar-refractivity contribution in [2.75, 3.05) is 35.0 Å². The zero-order valence-electron chi connectivity index (χ0n) is 19.7. The van der Waals surface area contributed by atoms with Crippen molar-refractivity contribution in [3.8, 4) is 5.75 Å². The van der Waals surface area contributed by atoms with Crippen molar-refractivity contribution in [2.24, 2.45) is 11.6 Å². The number of carbonyl (C=O) groups is 3. The van der Waals surface area contributed by atoms with Crippen LogP contribution in [0.2, 0.25) is 0 Å². The summed E-state index contributed by atoms with van der Waals surface area (Å²) < 4.78 is 5.19. The van der Waals surface area contributed by atoms with Gasteiger partial charge in [0.05, 0.1) is 12.8 Å². The van der Waals surface area contributed by atoms with E-state index >= 15 is 0 Å². The molecule has 0 radical (unpaired) electrons. The van der Waals surface area contributed by atoms with Crippen LogP contribution in [0, 0.1) is 0 Å². The molecule has 0 aromatic heterocycles. The SMILES string of the molecule is C=C(C(N)=O)C1=C(N(N)c2ccc(OC)cc2)C(=O)N(c2ccc(N3CCCCC3=O)cc2)CC1. The first-order valence-electron chi connectivity index (χ1n) is 11.4. The largest absolute Gasteiger partial charge is 0.497 e. The Bertz CT molecular complexity index is 1190. The van der Waals surface area contributed by atoms with Gasteiger partial charge in [0.15, 0.2) is 0 Å². The average Bonchev–Trinajstić information content (AvgIpc) is 2.88. The third kappa shape index (κ3) is 4.76. The van der Waals surface area contributed by atoms with E-state index in [4.69, 9.17) is 16.3 Å². The van der Waals surface area contributed by atoms with E-state index in [9.17, 15) is 14.4 Å². The molecule has 35 heavy (non-hydrogen) atoms. The van der Waals surface area contributed by atoms with E-state index < -0.39 is 5.91 Å². The van der Waals surface area contributed by atoms with E-state index in [2.05, 4.69) is 6.58 Å². The number of amides is 3. The first-order chi connectivity index (χ1) is 16.8. The molecule has 3 amide bonds. The summed E-state index contributed by atoms with van der Waals surface area (Å²) in [6, 6.07) is 14.2. The summed E-state index contributed by atoms with van der Waals surface area (Å²) >= 11 is 0.